The highest BCUT2D eigenvalue weighted by Gasteiger charge is 2.27. The van der Waals surface area contributed by atoms with E-state index in [2.05, 4.69) is 16.0 Å². The molecule has 0 aromatic heterocycles. The number of nitrogens with one attached hydrogen (secondary N) is 3. The largest absolute Gasteiger partial charge is 0.359 e. The minimum Gasteiger partial charge on any atom is -0.359 e. The van der Waals surface area contributed by atoms with E-state index in [9.17, 15) is 9.59 Å². The molecule has 0 aromatic rings. The maximum Gasteiger partial charge on any atom is 0.227 e. The van der Waals surface area contributed by atoms with Crippen molar-refractivity contribution in [3.8, 4) is 0 Å². The molecule has 1 unspecified atom stereocenters. The molecule has 0 bridgehead atoms. The van der Waals surface area contributed by atoms with E-state index in [0.717, 1.165) is 6.54 Å². The molecule has 0 aliphatic heterocycles. The van der Waals surface area contributed by atoms with Gasteiger partial charge in [0, 0.05) is 26.1 Å². The Balaban J connectivity index is 4.03. The summed E-state index contributed by atoms with van der Waals surface area (Å²) in [5.74, 6) is -0.104. The van der Waals surface area contributed by atoms with Crippen molar-refractivity contribution in [2.75, 3.05) is 20.1 Å². The fourth-order valence-electron chi connectivity index (χ4n) is 1.51. The summed E-state index contributed by atoms with van der Waals surface area (Å²) < 4.78 is 0. The molecule has 100 valence electrons. The van der Waals surface area contributed by atoms with Crippen molar-refractivity contribution in [1.29, 1.82) is 0 Å². The van der Waals surface area contributed by atoms with Crippen LogP contribution in [0.1, 0.15) is 34.1 Å². The third kappa shape index (κ3) is 6.26. The topological polar surface area (TPSA) is 70.2 Å². The van der Waals surface area contributed by atoms with Gasteiger partial charge in [0.2, 0.25) is 11.8 Å². The van der Waals surface area contributed by atoms with E-state index >= 15 is 0 Å². The standard InChI is InChI=1S/C12H25N3O2/c1-6-14-9(2)7-10(16)15-8-12(3,4)11(17)13-5/h9,14H,6-8H2,1-5H3,(H,13,17)(H,15,16). The third-order valence-electron chi connectivity index (χ3n) is 2.61. The zero-order valence-corrected chi connectivity index (χ0v) is 11.5. The van der Waals surface area contributed by atoms with Gasteiger partial charge in [-0.25, -0.2) is 0 Å². The second-order valence-electron chi connectivity index (χ2n) is 4.90. The second-order valence-corrected chi connectivity index (χ2v) is 4.90. The zero-order valence-electron chi connectivity index (χ0n) is 11.5. The van der Waals surface area contributed by atoms with Crippen LogP contribution >= 0.6 is 0 Å². The van der Waals surface area contributed by atoms with Gasteiger partial charge in [-0.1, -0.05) is 6.92 Å². The molecule has 0 rings (SSSR count). The molecule has 5 nitrogen and oxygen atoms in total. The Morgan fingerprint density at radius 2 is 1.88 bits per heavy atom. The maximum atomic E-state index is 11.6. The van der Waals surface area contributed by atoms with E-state index < -0.39 is 5.41 Å². The number of hydrogen-bond donors (Lipinski definition) is 3. The number of carbonyl (C=O) groups is 2. The molecule has 0 aliphatic carbocycles. The lowest BCUT2D eigenvalue weighted by molar-refractivity contribution is -0.129. The summed E-state index contributed by atoms with van der Waals surface area (Å²) in [7, 11) is 1.60. The number of hydrogen-bond acceptors (Lipinski definition) is 3. The Labute approximate surface area is 104 Å². The number of rotatable bonds is 7. The highest BCUT2D eigenvalue weighted by atomic mass is 16.2. The van der Waals surface area contributed by atoms with E-state index in [1.54, 1.807) is 20.9 Å². The minimum absolute atomic E-state index is 0.0320. The van der Waals surface area contributed by atoms with E-state index in [-0.39, 0.29) is 17.9 Å². The molecule has 3 N–H and O–H groups in total. The molecule has 0 radical (unpaired) electrons. The maximum absolute atomic E-state index is 11.6. The SMILES string of the molecule is CCNC(C)CC(=O)NCC(C)(C)C(=O)NC. The van der Waals surface area contributed by atoms with Gasteiger partial charge in [-0.15, -0.1) is 0 Å². The van der Waals surface area contributed by atoms with E-state index in [0.29, 0.717) is 13.0 Å². The van der Waals surface area contributed by atoms with Crippen LogP contribution in [0.25, 0.3) is 0 Å². The van der Waals surface area contributed by atoms with E-state index in [1.807, 2.05) is 13.8 Å². The average molecular weight is 243 g/mol. The molecule has 2 amide bonds. The first-order valence-electron chi connectivity index (χ1n) is 6.05. The molecule has 0 spiro atoms. The van der Waals surface area contributed by atoms with Crippen LogP contribution in [0, 0.1) is 5.41 Å². The molecule has 17 heavy (non-hydrogen) atoms. The Morgan fingerprint density at radius 1 is 1.29 bits per heavy atom. The van der Waals surface area contributed by atoms with Crippen LogP contribution in [0.4, 0.5) is 0 Å². The summed E-state index contributed by atoms with van der Waals surface area (Å²) in [5, 5.41) is 8.54. The van der Waals surface area contributed by atoms with Crippen LogP contribution in [0.3, 0.4) is 0 Å². The van der Waals surface area contributed by atoms with Crippen LogP contribution in [0.2, 0.25) is 0 Å². The van der Waals surface area contributed by atoms with Gasteiger partial charge in [-0.05, 0) is 27.3 Å². The highest BCUT2D eigenvalue weighted by Crippen LogP contribution is 2.13. The molecule has 5 heteroatoms. The lowest BCUT2D eigenvalue weighted by Gasteiger charge is -2.23. The molecular weight excluding hydrogens is 218 g/mol. The summed E-state index contributed by atoms with van der Waals surface area (Å²) in [5.41, 5.74) is -0.578. The molecule has 0 heterocycles. The highest BCUT2D eigenvalue weighted by molar-refractivity contribution is 5.83. The average Bonchev–Trinajstić information content (AvgIpc) is 2.25. The Bertz CT molecular complexity index is 264. The van der Waals surface area contributed by atoms with Gasteiger partial charge in [0.25, 0.3) is 0 Å². The molecule has 0 saturated carbocycles. The summed E-state index contributed by atoms with van der Waals surface area (Å²) in [6.07, 6.45) is 0.428. The first-order chi connectivity index (χ1) is 7.83. The summed E-state index contributed by atoms with van der Waals surface area (Å²) >= 11 is 0. The Morgan fingerprint density at radius 3 is 2.35 bits per heavy atom. The number of amides is 2. The summed E-state index contributed by atoms with van der Waals surface area (Å²) in [4.78, 5) is 23.1. The monoisotopic (exact) mass is 243 g/mol. The van der Waals surface area contributed by atoms with Crippen LogP contribution in [-0.4, -0.2) is 38.0 Å². The summed E-state index contributed by atoms with van der Waals surface area (Å²) in [6, 6.07) is 0.156. The van der Waals surface area contributed by atoms with Crippen molar-refractivity contribution in [3.05, 3.63) is 0 Å². The first-order valence-corrected chi connectivity index (χ1v) is 6.05. The van der Waals surface area contributed by atoms with Gasteiger partial charge >= 0.3 is 0 Å². The van der Waals surface area contributed by atoms with Crippen molar-refractivity contribution in [3.63, 3.8) is 0 Å². The Hall–Kier alpha value is -1.10. The molecule has 0 fully saturated rings. The van der Waals surface area contributed by atoms with Crippen molar-refractivity contribution in [2.45, 2.75) is 40.2 Å². The number of carbonyl (C=O) groups excluding carboxylic acids is 2. The van der Waals surface area contributed by atoms with Gasteiger partial charge in [0.1, 0.15) is 0 Å². The predicted molar refractivity (Wildman–Crippen MR) is 68.6 cm³/mol. The predicted octanol–water partition coefficient (Wildman–Crippen LogP) is 0.263. The van der Waals surface area contributed by atoms with Crippen LogP contribution in [0.5, 0.6) is 0 Å². The smallest absolute Gasteiger partial charge is 0.227 e. The van der Waals surface area contributed by atoms with E-state index in [4.69, 9.17) is 0 Å². The van der Waals surface area contributed by atoms with Gasteiger partial charge in [0.05, 0.1) is 5.41 Å². The lowest BCUT2D eigenvalue weighted by atomic mass is 9.92. The molecule has 0 aromatic carbocycles. The second kappa shape index (κ2) is 7.27. The van der Waals surface area contributed by atoms with Gasteiger partial charge < -0.3 is 16.0 Å². The van der Waals surface area contributed by atoms with Crippen molar-refractivity contribution < 1.29 is 9.59 Å². The zero-order chi connectivity index (χ0) is 13.5. The van der Waals surface area contributed by atoms with Crippen LogP contribution in [-0.2, 0) is 9.59 Å². The van der Waals surface area contributed by atoms with E-state index in [1.165, 1.54) is 0 Å². The van der Waals surface area contributed by atoms with Crippen molar-refractivity contribution in [2.24, 2.45) is 5.41 Å². The molecule has 1 atom stereocenters. The molecule has 0 saturated heterocycles. The van der Waals surface area contributed by atoms with Crippen LogP contribution < -0.4 is 16.0 Å². The Kier molecular flexibility index (Phi) is 6.80. The lowest BCUT2D eigenvalue weighted by Crippen LogP contribution is -2.44. The first kappa shape index (κ1) is 15.9. The van der Waals surface area contributed by atoms with Crippen LogP contribution in [0.15, 0.2) is 0 Å². The molecule has 0 aliphatic rings. The molecular formula is C12H25N3O2. The minimum atomic E-state index is -0.578. The fourth-order valence-corrected chi connectivity index (χ4v) is 1.51. The van der Waals surface area contributed by atoms with Gasteiger partial charge in [-0.3, -0.25) is 9.59 Å². The summed E-state index contributed by atoms with van der Waals surface area (Å²) in [6.45, 7) is 8.78. The van der Waals surface area contributed by atoms with Crippen molar-refractivity contribution >= 4 is 11.8 Å². The quantitative estimate of drug-likeness (QED) is 0.601. The van der Waals surface area contributed by atoms with Gasteiger partial charge in [0.15, 0.2) is 0 Å². The van der Waals surface area contributed by atoms with Gasteiger partial charge in [-0.2, -0.15) is 0 Å². The normalized spacial score (nSPS) is 13.0. The van der Waals surface area contributed by atoms with Crippen molar-refractivity contribution in [1.82, 2.24) is 16.0 Å². The fraction of sp³-hybridized carbons (Fsp3) is 0.833. The third-order valence-corrected chi connectivity index (χ3v) is 2.61.